The molecule has 0 radical (unpaired) electrons. The molecular formula is C12H22N4. The normalized spacial score (nSPS) is 14.2. The van der Waals surface area contributed by atoms with Crippen molar-refractivity contribution in [1.82, 2.24) is 9.97 Å². The Morgan fingerprint density at radius 2 is 1.94 bits per heavy atom. The van der Waals surface area contributed by atoms with E-state index in [0.29, 0.717) is 6.04 Å². The molecule has 2 unspecified atom stereocenters. The summed E-state index contributed by atoms with van der Waals surface area (Å²) in [6.07, 6.45) is 5.84. The number of hydrogen-bond acceptors (Lipinski definition) is 4. The molecule has 0 saturated heterocycles. The van der Waals surface area contributed by atoms with Crippen molar-refractivity contribution in [3.05, 3.63) is 12.4 Å². The van der Waals surface area contributed by atoms with E-state index in [0.717, 1.165) is 24.0 Å². The lowest BCUT2D eigenvalue weighted by molar-refractivity contribution is 0.483. The first kappa shape index (κ1) is 12.7. The van der Waals surface area contributed by atoms with Crippen LogP contribution in [0.3, 0.4) is 0 Å². The van der Waals surface area contributed by atoms with Crippen molar-refractivity contribution in [1.29, 1.82) is 0 Å². The van der Waals surface area contributed by atoms with Gasteiger partial charge in [0.25, 0.3) is 0 Å². The fraction of sp³-hybridized carbons (Fsp3) is 0.667. The van der Waals surface area contributed by atoms with Gasteiger partial charge in [0.1, 0.15) is 11.6 Å². The molecule has 1 aromatic heterocycles. The van der Waals surface area contributed by atoms with Gasteiger partial charge in [0.05, 0.1) is 12.4 Å². The van der Waals surface area contributed by atoms with Gasteiger partial charge in [-0.2, -0.15) is 0 Å². The fourth-order valence-corrected chi connectivity index (χ4v) is 1.64. The van der Waals surface area contributed by atoms with Gasteiger partial charge in [-0.15, -0.1) is 0 Å². The number of aromatic nitrogens is 2. The summed E-state index contributed by atoms with van der Waals surface area (Å²) in [7, 11) is 1.84. The minimum Gasteiger partial charge on any atom is -0.372 e. The number of hydrogen-bond donors (Lipinski definition) is 2. The van der Waals surface area contributed by atoms with E-state index in [1.807, 2.05) is 7.05 Å². The first-order valence-corrected chi connectivity index (χ1v) is 5.92. The zero-order chi connectivity index (χ0) is 12.0. The Labute approximate surface area is 97.9 Å². The molecule has 0 saturated carbocycles. The van der Waals surface area contributed by atoms with Crippen molar-refractivity contribution < 1.29 is 0 Å². The van der Waals surface area contributed by atoms with Gasteiger partial charge in [-0.25, -0.2) is 4.98 Å². The maximum absolute atomic E-state index is 4.38. The average molecular weight is 222 g/mol. The summed E-state index contributed by atoms with van der Waals surface area (Å²) >= 11 is 0. The fourth-order valence-electron chi connectivity index (χ4n) is 1.64. The van der Waals surface area contributed by atoms with Gasteiger partial charge in [0.15, 0.2) is 0 Å². The SMILES string of the molecule is CCC(C)CC(C)Nc1cncc(NC)n1. The van der Waals surface area contributed by atoms with Gasteiger partial charge in [0.2, 0.25) is 0 Å². The molecule has 0 bridgehead atoms. The van der Waals surface area contributed by atoms with Crippen LogP contribution in [-0.2, 0) is 0 Å². The van der Waals surface area contributed by atoms with Crippen LogP contribution in [0, 0.1) is 5.92 Å². The molecule has 90 valence electrons. The Morgan fingerprint density at radius 3 is 2.56 bits per heavy atom. The van der Waals surface area contributed by atoms with E-state index in [-0.39, 0.29) is 0 Å². The monoisotopic (exact) mass is 222 g/mol. The minimum atomic E-state index is 0.427. The molecule has 0 spiro atoms. The highest BCUT2D eigenvalue weighted by atomic mass is 15.1. The quantitative estimate of drug-likeness (QED) is 0.777. The summed E-state index contributed by atoms with van der Waals surface area (Å²) in [4.78, 5) is 8.50. The lowest BCUT2D eigenvalue weighted by atomic mass is 10.0. The molecule has 0 aromatic carbocycles. The Balaban J connectivity index is 2.51. The zero-order valence-corrected chi connectivity index (χ0v) is 10.6. The van der Waals surface area contributed by atoms with Crippen LogP contribution >= 0.6 is 0 Å². The van der Waals surface area contributed by atoms with Crippen LogP contribution in [0.4, 0.5) is 11.6 Å². The molecule has 0 amide bonds. The standard InChI is InChI=1S/C12H22N4/c1-5-9(2)6-10(3)15-12-8-14-7-11(13-4)16-12/h7-10H,5-6H2,1-4H3,(H2,13,15,16). The van der Waals surface area contributed by atoms with Gasteiger partial charge in [0, 0.05) is 13.1 Å². The van der Waals surface area contributed by atoms with Crippen molar-refractivity contribution in [3.63, 3.8) is 0 Å². The molecule has 4 nitrogen and oxygen atoms in total. The summed E-state index contributed by atoms with van der Waals surface area (Å²) in [6.45, 7) is 6.67. The van der Waals surface area contributed by atoms with Crippen LogP contribution < -0.4 is 10.6 Å². The summed E-state index contributed by atoms with van der Waals surface area (Å²) in [6, 6.07) is 0.427. The van der Waals surface area contributed by atoms with Gasteiger partial charge in [-0.3, -0.25) is 4.98 Å². The smallest absolute Gasteiger partial charge is 0.147 e. The van der Waals surface area contributed by atoms with Gasteiger partial charge >= 0.3 is 0 Å². The van der Waals surface area contributed by atoms with Crippen molar-refractivity contribution in [2.24, 2.45) is 5.92 Å². The molecule has 0 aliphatic carbocycles. The van der Waals surface area contributed by atoms with Crippen molar-refractivity contribution >= 4 is 11.6 Å². The van der Waals surface area contributed by atoms with E-state index in [1.165, 1.54) is 6.42 Å². The number of nitrogens with zero attached hydrogens (tertiary/aromatic N) is 2. The van der Waals surface area contributed by atoms with E-state index in [9.17, 15) is 0 Å². The molecule has 16 heavy (non-hydrogen) atoms. The van der Waals surface area contributed by atoms with E-state index in [2.05, 4.69) is 41.4 Å². The highest BCUT2D eigenvalue weighted by Gasteiger charge is 2.07. The zero-order valence-electron chi connectivity index (χ0n) is 10.6. The van der Waals surface area contributed by atoms with Gasteiger partial charge < -0.3 is 10.6 Å². The second-order valence-corrected chi connectivity index (χ2v) is 4.33. The van der Waals surface area contributed by atoms with Crippen molar-refractivity contribution in [2.45, 2.75) is 39.7 Å². The van der Waals surface area contributed by atoms with Gasteiger partial charge in [-0.1, -0.05) is 20.3 Å². The third-order valence-electron chi connectivity index (χ3n) is 2.74. The van der Waals surface area contributed by atoms with Crippen LogP contribution in [0.5, 0.6) is 0 Å². The molecule has 0 aliphatic rings. The molecule has 0 fully saturated rings. The summed E-state index contributed by atoms with van der Waals surface area (Å²) < 4.78 is 0. The topological polar surface area (TPSA) is 49.8 Å². The van der Waals surface area contributed by atoms with E-state index >= 15 is 0 Å². The summed E-state index contributed by atoms with van der Waals surface area (Å²) in [5.41, 5.74) is 0. The average Bonchev–Trinajstić information content (AvgIpc) is 2.28. The van der Waals surface area contributed by atoms with Crippen LogP contribution in [0.2, 0.25) is 0 Å². The summed E-state index contributed by atoms with van der Waals surface area (Å²) in [5, 5.41) is 6.35. The first-order valence-electron chi connectivity index (χ1n) is 5.92. The number of anilines is 2. The molecule has 0 aliphatic heterocycles. The van der Waals surface area contributed by atoms with Crippen molar-refractivity contribution in [3.8, 4) is 0 Å². The Kier molecular flexibility index (Phi) is 5.02. The lowest BCUT2D eigenvalue weighted by Crippen LogP contribution is -2.19. The molecule has 1 aromatic rings. The molecule has 1 heterocycles. The maximum Gasteiger partial charge on any atom is 0.147 e. The van der Waals surface area contributed by atoms with E-state index in [1.54, 1.807) is 12.4 Å². The predicted molar refractivity (Wildman–Crippen MR) is 68.7 cm³/mol. The molecule has 2 N–H and O–H groups in total. The van der Waals surface area contributed by atoms with E-state index in [4.69, 9.17) is 0 Å². The Bertz CT molecular complexity index is 314. The van der Waals surface area contributed by atoms with Crippen LogP contribution in [0.25, 0.3) is 0 Å². The van der Waals surface area contributed by atoms with Crippen molar-refractivity contribution in [2.75, 3.05) is 17.7 Å². The highest BCUT2D eigenvalue weighted by molar-refractivity contribution is 5.41. The molecule has 2 atom stereocenters. The minimum absolute atomic E-state index is 0.427. The lowest BCUT2D eigenvalue weighted by Gasteiger charge is -2.18. The second kappa shape index (κ2) is 6.30. The van der Waals surface area contributed by atoms with Crippen LogP contribution in [0.15, 0.2) is 12.4 Å². The third-order valence-corrected chi connectivity index (χ3v) is 2.74. The molecule has 1 rings (SSSR count). The molecular weight excluding hydrogens is 200 g/mol. The van der Waals surface area contributed by atoms with Gasteiger partial charge in [-0.05, 0) is 19.3 Å². The Morgan fingerprint density at radius 1 is 1.25 bits per heavy atom. The first-order chi connectivity index (χ1) is 7.65. The largest absolute Gasteiger partial charge is 0.372 e. The number of rotatable bonds is 6. The maximum atomic E-state index is 4.38. The summed E-state index contributed by atoms with van der Waals surface area (Å²) in [5.74, 6) is 2.37. The van der Waals surface area contributed by atoms with Crippen LogP contribution in [0.1, 0.15) is 33.6 Å². The predicted octanol–water partition coefficient (Wildman–Crippen LogP) is 2.75. The van der Waals surface area contributed by atoms with Crippen LogP contribution in [-0.4, -0.2) is 23.1 Å². The highest BCUT2D eigenvalue weighted by Crippen LogP contribution is 2.13. The number of nitrogens with one attached hydrogen (secondary N) is 2. The Hall–Kier alpha value is -1.32. The third kappa shape index (κ3) is 4.04. The second-order valence-electron chi connectivity index (χ2n) is 4.33. The molecule has 4 heteroatoms. The van der Waals surface area contributed by atoms with E-state index < -0.39 is 0 Å².